The van der Waals surface area contributed by atoms with Crippen molar-refractivity contribution in [2.45, 2.75) is 64.0 Å². The first-order valence-electron chi connectivity index (χ1n) is 6.68. The van der Waals surface area contributed by atoms with Crippen LogP contribution in [0.4, 0.5) is 0 Å². The van der Waals surface area contributed by atoms with Gasteiger partial charge in [0.05, 0.1) is 12.5 Å². The fourth-order valence-corrected chi connectivity index (χ4v) is 2.22. The average Bonchev–Trinajstić information content (AvgIpc) is 2.36. The van der Waals surface area contributed by atoms with E-state index in [4.69, 9.17) is 5.26 Å². The fraction of sp³-hybridized carbons (Fsp3) is 0.846. The first-order chi connectivity index (χ1) is 8.26. The van der Waals surface area contributed by atoms with E-state index in [1.54, 1.807) is 0 Å². The SMILES string of the molecule is CCCNC(=O)CC(C#N)NC1CCCCC1. The van der Waals surface area contributed by atoms with E-state index < -0.39 is 0 Å². The van der Waals surface area contributed by atoms with Crippen molar-refractivity contribution in [2.75, 3.05) is 6.54 Å². The van der Waals surface area contributed by atoms with Gasteiger partial charge in [0.15, 0.2) is 0 Å². The van der Waals surface area contributed by atoms with Crippen LogP contribution in [-0.2, 0) is 4.79 Å². The molecule has 17 heavy (non-hydrogen) atoms. The summed E-state index contributed by atoms with van der Waals surface area (Å²) in [5.74, 6) is -0.0262. The van der Waals surface area contributed by atoms with Crippen molar-refractivity contribution in [3.8, 4) is 6.07 Å². The summed E-state index contributed by atoms with van der Waals surface area (Å²) in [6, 6.07) is 2.27. The molecule has 0 aromatic heterocycles. The molecular weight excluding hydrogens is 214 g/mol. The van der Waals surface area contributed by atoms with Crippen LogP contribution in [0.25, 0.3) is 0 Å². The summed E-state index contributed by atoms with van der Waals surface area (Å²) in [5.41, 5.74) is 0. The maximum absolute atomic E-state index is 11.5. The molecule has 1 aliphatic carbocycles. The van der Waals surface area contributed by atoms with Crippen LogP contribution in [0.5, 0.6) is 0 Å². The molecule has 0 radical (unpaired) electrons. The Morgan fingerprint density at radius 1 is 1.41 bits per heavy atom. The third-order valence-electron chi connectivity index (χ3n) is 3.16. The van der Waals surface area contributed by atoms with Crippen molar-refractivity contribution in [1.82, 2.24) is 10.6 Å². The number of nitrogens with zero attached hydrogens (tertiary/aromatic N) is 1. The summed E-state index contributed by atoms with van der Waals surface area (Å²) in [7, 11) is 0. The third-order valence-corrected chi connectivity index (χ3v) is 3.16. The number of amides is 1. The predicted octanol–water partition coefficient (Wildman–Crippen LogP) is 1.72. The Kier molecular flexibility index (Phi) is 6.64. The van der Waals surface area contributed by atoms with Gasteiger partial charge in [-0.25, -0.2) is 0 Å². The minimum Gasteiger partial charge on any atom is -0.356 e. The molecule has 1 rings (SSSR count). The number of hydrogen-bond donors (Lipinski definition) is 2. The van der Waals surface area contributed by atoms with Gasteiger partial charge in [-0.05, 0) is 19.3 Å². The van der Waals surface area contributed by atoms with Crippen LogP contribution in [0.1, 0.15) is 51.9 Å². The Labute approximate surface area is 104 Å². The second-order valence-electron chi connectivity index (χ2n) is 4.74. The Morgan fingerprint density at radius 2 is 2.12 bits per heavy atom. The number of carbonyl (C=O) groups is 1. The number of hydrogen-bond acceptors (Lipinski definition) is 3. The van der Waals surface area contributed by atoms with Gasteiger partial charge in [-0.15, -0.1) is 0 Å². The van der Waals surface area contributed by atoms with E-state index >= 15 is 0 Å². The van der Waals surface area contributed by atoms with Crippen molar-refractivity contribution >= 4 is 5.91 Å². The van der Waals surface area contributed by atoms with Gasteiger partial charge in [-0.3, -0.25) is 10.1 Å². The molecule has 0 saturated heterocycles. The molecule has 0 aromatic carbocycles. The zero-order valence-corrected chi connectivity index (χ0v) is 10.7. The molecule has 0 spiro atoms. The van der Waals surface area contributed by atoms with Crippen molar-refractivity contribution in [1.29, 1.82) is 5.26 Å². The Balaban J connectivity index is 2.27. The number of carbonyl (C=O) groups excluding carboxylic acids is 1. The molecule has 1 fully saturated rings. The molecule has 1 amide bonds. The number of rotatable bonds is 6. The van der Waals surface area contributed by atoms with Gasteiger partial charge >= 0.3 is 0 Å². The van der Waals surface area contributed by atoms with Crippen molar-refractivity contribution < 1.29 is 4.79 Å². The number of nitriles is 1. The molecule has 1 atom stereocenters. The minimum atomic E-state index is -0.338. The molecule has 1 aliphatic rings. The van der Waals surface area contributed by atoms with Crippen LogP contribution in [0.3, 0.4) is 0 Å². The lowest BCUT2D eigenvalue weighted by Crippen LogP contribution is -2.41. The van der Waals surface area contributed by atoms with E-state index in [1.807, 2.05) is 6.92 Å². The first kappa shape index (κ1) is 14.0. The Hall–Kier alpha value is -1.08. The Bertz CT molecular complexity index is 266. The molecule has 1 unspecified atom stereocenters. The van der Waals surface area contributed by atoms with E-state index in [0.29, 0.717) is 12.6 Å². The third kappa shape index (κ3) is 5.69. The Morgan fingerprint density at radius 3 is 2.71 bits per heavy atom. The normalized spacial score (nSPS) is 18.4. The summed E-state index contributed by atoms with van der Waals surface area (Å²) in [4.78, 5) is 11.5. The summed E-state index contributed by atoms with van der Waals surface area (Å²) < 4.78 is 0. The van der Waals surface area contributed by atoms with Gasteiger partial charge in [0.2, 0.25) is 5.91 Å². The standard InChI is InChI=1S/C13H23N3O/c1-2-8-15-13(17)9-12(10-14)16-11-6-4-3-5-7-11/h11-12,16H,2-9H2,1H3,(H,15,17). The summed E-state index contributed by atoms with van der Waals surface area (Å²) in [6.07, 6.45) is 7.23. The van der Waals surface area contributed by atoms with Gasteiger partial charge in [-0.1, -0.05) is 26.2 Å². The average molecular weight is 237 g/mol. The van der Waals surface area contributed by atoms with Gasteiger partial charge < -0.3 is 5.32 Å². The molecule has 96 valence electrons. The lowest BCUT2D eigenvalue weighted by atomic mass is 9.94. The van der Waals surface area contributed by atoms with Gasteiger partial charge in [-0.2, -0.15) is 5.26 Å². The molecule has 0 aromatic rings. The van der Waals surface area contributed by atoms with E-state index in [2.05, 4.69) is 16.7 Å². The van der Waals surface area contributed by atoms with Crippen molar-refractivity contribution in [3.05, 3.63) is 0 Å². The van der Waals surface area contributed by atoms with E-state index in [9.17, 15) is 4.79 Å². The summed E-state index contributed by atoms with van der Waals surface area (Å²) in [5, 5.41) is 15.1. The molecule has 0 heterocycles. The second-order valence-corrected chi connectivity index (χ2v) is 4.74. The monoisotopic (exact) mass is 237 g/mol. The van der Waals surface area contributed by atoms with Crippen LogP contribution < -0.4 is 10.6 Å². The van der Waals surface area contributed by atoms with E-state index in [-0.39, 0.29) is 18.4 Å². The largest absolute Gasteiger partial charge is 0.356 e. The zero-order valence-electron chi connectivity index (χ0n) is 10.7. The molecule has 4 nitrogen and oxygen atoms in total. The van der Waals surface area contributed by atoms with Crippen LogP contribution >= 0.6 is 0 Å². The van der Waals surface area contributed by atoms with Gasteiger partial charge in [0, 0.05) is 12.6 Å². The van der Waals surface area contributed by atoms with E-state index in [1.165, 1.54) is 19.3 Å². The highest BCUT2D eigenvalue weighted by Crippen LogP contribution is 2.18. The minimum absolute atomic E-state index is 0.0262. The second kappa shape index (κ2) is 8.08. The van der Waals surface area contributed by atoms with Crippen molar-refractivity contribution in [3.63, 3.8) is 0 Å². The summed E-state index contributed by atoms with van der Waals surface area (Å²) in [6.45, 7) is 2.71. The topological polar surface area (TPSA) is 64.9 Å². The van der Waals surface area contributed by atoms with Gasteiger partial charge in [0.25, 0.3) is 0 Å². The molecule has 0 aliphatic heterocycles. The van der Waals surface area contributed by atoms with Gasteiger partial charge in [0.1, 0.15) is 6.04 Å². The highest BCUT2D eigenvalue weighted by atomic mass is 16.1. The highest BCUT2D eigenvalue weighted by Gasteiger charge is 2.19. The maximum atomic E-state index is 11.5. The smallest absolute Gasteiger partial charge is 0.222 e. The van der Waals surface area contributed by atoms with Crippen LogP contribution in [0, 0.1) is 11.3 Å². The quantitative estimate of drug-likeness (QED) is 0.739. The molecule has 0 bridgehead atoms. The van der Waals surface area contributed by atoms with Crippen LogP contribution in [-0.4, -0.2) is 24.5 Å². The lowest BCUT2D eigenvalue weighted by Gasteiger charge is -2.25. The number of nitrogens with one attached hydrogen (secondary N) is 2. The predicted molar refractivity (Wildman–Crippen MR) is 67.3 cm³/mol. The lowest BCUT2D eigenvalue weighted by molar-refractivity contribution is -0.121. The maximum Gasteiger partial charge on any atom is 0.222 e. The molecule has 4 heteroatoms. The van der Waals surface area contributed by atoms with Crippen molar-refractivity contribution in [2.24, 2.45) is 0 Å². The first-order valence-corrected chi connectivity index (χ1v) is 6.68. The summed E-state index contributed by atoms with van der Waals surface area (Å²) >= 11 is 0. The van der Waals surface area contributed by atoms with Crippen LogP contribution in [0.2, 0.25) is 0 Å². The van der Waals surface area contributed by atoms with Crippen LogP contribution in [0.15, 0.2) is 0 Å². The van der Waals surface area contributed by atoms with E-state index in [0.717, 1.165) is 19.3 Å². The fourth-order valence-electron chi connectivity index (χ4n) is 2.22. The molecule has 2 N–H and O–H groups in total. The highest BCUT2D eigenvalue weighted by molar-refractivity contribution is 5.76. The molecular formula is C13H23N3O. The molecule has 1 saturated carbocycles. The zero-order chi connectivity index (χ0) is 12.5.